The lowest BCUT2D eigenvalue weighted by atomic mass is 10.1. The molecule has 154 valence electrons. The van der Waals surface area contributed by atoms with Crippen LogP contribution in [0, 0.1) is 0 Å². The molecule has 0 bridgehead atoms. The molecule has 11 heteroatoms. The Morgan fingerprint density at radius 1 is 1.00 bits per heavy atom. The molecule has 0 aliphatic heterocycles. The molecule has 11 nitrogen and oxygen atoms in total. The molecule has 0 saturated heterocycles. The van der Waals surface area contributed by atoms with Crippen LogP contribution in [-0.2, 0) is 19.2 Å². The molecule has 0 fully saturated rings. The van der Waals surface area contributed by atoms with Crippen molar-refractivity contribution in [1.82, 2.24) is 21.3 Å². The smallest absolute Gasteiger partial charge is 0.242 e. The number of nitrogens with one attached hydrogen (secondary N) is 4. The van der Waals surface area contributed by atoms with E-state index in [1.54, 1.807) is 0 Å². The van der Waals surface area contributed by atoms with Crippen LogP contribution in [0.25, 0.3) is 0 Å². The minimum atomic E-state index is -1.71. The van der Waals surface area contributed by atoms with Gasteiger partial charge in [0.25, 0.3) is 0 Å². The Morgan fingerprint density at radius 2 is 1.70 bits per heavy atom. The van der Waals surface area contributed by atoms with Gasteiger partial charge < -0.3 is 37.2 Å². The normalized spacial score (nSPS) is 11.4. The van der Waals surface area contributed by atoms with Gasteiger partial charge in [-0.1, -0.05) is 6.08 Å². The maximum atomic E-state index is 12.1. The highest BCUT2D eigenvalue weighted by atomic mass is 16.5. The van der Waals surface area contributed by atoms with Crippen LogP contribution in [-0.4, -0.2) is 72.4 Å². The van der Waals surface area contributed by atoms with Crippen molar-refractivity contribution >= 4 is 23.6 Å². The lowest BCUT2D eigenvalue weighted by molar-refractivity contribution is -0.130. The maximum Gasteiger partial charge on any atom is 0.242 e. The Hall–Kier alpha value is -2.50. The number of amides is 4. The minimum absolute atomic E-state index is 0.153. The second-order valence-corrected chi connectivity index (χ2v) is 5.67. The standard InChI is InChI=1S/C16H29N5O6/c1-2-5-12(22)18-7-4-3-6-11(16(27)20-10-15(25)26)21-14(24)9-19-13(23)8-17/h2,11,15,25-26H,1,3-10,17H2,(H,18,22)(H,19,23)(H,20,27)(H,21,24)/t11-/m0/s1. The largest absolute Gasteiger partial charge is 0.367 e. The summed E-state index contributed by atoms with van der Waals surface area (Å²) in [5.74, 6) is -1.83. The summed E-state index contributed by atoms with van der Waals surface area (Å²) in [6.07, 6.45) is 1.36. The summed E-state index contributed by atoms with van der Waals surface area (Å²) >= 11 is 0. The third-order valence-corrected chi connectivity index (χ3v) is 3.31. The van der Waals surface area contributed by atoms with Crippen LogP contribution in [0.2, 0.25) is 0 Å². The number of carbonyl (C=O) groups excluding carboxylic acids is 4. The lowest BCUT2D eigenvalue weighted by Crippen LogP contribution is -2.50. The summed E-state index contributed by atoms with van der Waals surface area (Å²) < 4.78 is 0. The SMILES string of the molecule is C=CCC(=O)NCCCC[C@H](NC(=O)CNC(=O)CN)C(=O)NCC(O)O. The molecular formula is C16H29N5O6. The number of carbonyl (C=O) groups is 4. The predicted molar refractivity (Wildman–Crippen MR) is 96.9 cm³/mol. The van der Waals surface area contributed by atoms with Crippen molar-refractivity contribution in [1.29, 1.82) is 0 Å². The van der Waals surface area contributed by atoms with E-state index in [4.69, 9.17) is 15.9 Å². The number of nitrogens with two attached hydrogens (primary N) is 1. The summed E-state index contributed by atoms with van der Waals surface area (Å²) in [5.41, 5.74) is 5.12. The number of hydrogen-bond acceptors (Lipinski definition) is 7. The van der Waals surface area contributed by atoms with Gasteiger partial charge >= 0.3 is 0 Å². The summed E-state index contributed by atoms with van der Waals surface area (Å²) in [6.45, 7) is 2.90. The second-order valence-electron chi connectivity index (χ2n) is 5.67. The molecule has 27 heavy (non-hydrogen) atoms. The van der Waals surface area contributed by atoms with Crippen molar-refractivity contribution in [2.75, 3.05) is 26.2 Å². The number of aliphatic hydroxyl groups excluding tert-OH is 1. The fourth-order valence-corrected chi connectivity index (χ4v) is 1.98. The van der Waals surface area contributed by atoms with Crippen LogP contribution >= 0.6 is 0 Å². The summed E-state index contributed by atoms with van der Waals surface area (Å²) in [4.78, 5) is 46.3. The van der Waals surface area contributed by atoms with Gasteiger partial charge in [0.2, 0.25) is 23.6 Å². The monoisotopic (exact) mass is 387 g/mol. The Labute approximate surface area is 157 Å². The van der Waals surface area contributed by atoms with Gasteiger partial charge in [-0.25, -0.2) is 0 Å². The quantitative estimate of drug-likeness (QED) is 0.0931. The van der Waals surface area contributed by atoms with Crippen molar-refractivity contribution in [2.24, 2.45) is 5.73 Å². The molecule has 0 spiro atoms. The van der Waals surface area contributed by atoms with Crippen molar-refractivity contribution in [3.05, 3.63) is 12.7 Å². The van der Waals surface area contributed by atoms with E-state index in [-0.39, 0.29) is 38.4 Å². The van der Waals surface area contributed by atoms with E-state index in [0.717, 1.165) is 0 Å². The third-order valence-electron chi connectivity index (χ3n) is 3.31. The zero-order valence-electron chi connectivity index (χ0n) is 15.2. The van der Waals surface area contributed by atoms with E-state index >= 15 is 0 Å². The molecule has 4 amide bonds. The molecule has 0 heterocycles. The Morgan fingerprint density at radius 3 is 2.30 bits per heavy atom. The molecule has 0 aliphatic rings. The van der Waals surface area contributed by atoms with Gasteiger partial charge in [-0.05, 0) is 19.3 Å². The van der Waals surface area contributed by atoms with Gasteiger partial charge in [-0.15, -0.1) is 6.58 Å². The van der Waals surface area contributed by atoms with Gasteiger partial charge in [0, 0.05) is 13.0 Å². The van der Waals surface area contributed by atoms with Gasteiger partial charge in [-0.3, -0.25) is 19.2 Å². The first-order chi connectivity index (χ1) is 12.8. The Kier molecular flexibility index (Phi) is 13.3. The van der Waals surface area contributed by atoms with E-state index in [9.17, 15) is 19.2 Å². The highest BCUT2D eigenvalue weighted by molar-refractivity contribution is 5.90. The van der Waals surface area contributed by atoms with Gasteiger partial charge in [0.05, 0.1) is 19.6 Å². The number of aliphatic hydroxyl groups is 2. The summed E-state index contributed by atoms with van der Waals surface area (Å²) in [5, 5.41) is 27.4. The van der Waals surface area contributed by atoms with E-state index in [2.05, 4.69) is 27.8 Å². The first-order valence-electron chi connectivity index (χ1n) is 8.57. The fourth-order valence-electron chi connectivity index (χ4n) is 1.98. The first-order valence-corrected chi connectivity index (χ1v) is 8.57. The number of rotatable bonds is 14. The Balaban J connectivity index is 4.44. The van der Waals surface area contributed by atoms with Crippen LogP contribution in [0.15, 0.2) is 12.7 Å². The molecule has 1 atom stereocenters. The highest BCUT2D eigenvalue weighted by Crippen LogP contribution is 2.02. The first kappa shape index (κ1) is 24.5. The summed E-state index contributed by atoms with van der Waals surface area (Å²) in [7, 11) is 0. The van der Waals surface area contributed by atoms with Crippen molar-refractivity contribution < 1.29 is 29.4 Å². The fraction of sp³-hybridized carbons (Fsp3) is 0.625. The van der Waals surface area contributed by atoms with Crippen LogP contribution in [0.1, 0.15) is 25.7 Å². The van der Waals surface area contributed by atoms with Gasteiger partial charge in [0.15, 0.2) is 6.29 Å². The van der Waals surface area contributed by atoms with Gasteiger partial charge in [0.1, 0.15) is 6.04 Å². The van der Waals surface area contributed by atoms with Crippen LogP contribution in [0.4, 0.5) is 0 Å². The maximum absolute atomic E-state index is 12.1. The molecule has 0 unspecified atom stereocenters. The van der Waals surface area contributed by atoms with E-state index < -0.39 is 30.1 Å². The zero-order chi connectivity index (χ0) is 20.7. The van der Waals surface area contributed by atoms with Crippen LogP contribution in [0.3, 0.4) is 0 Å². The third kappa shape index (κ3) is 13.4. The number of unbranched alkanes of at least 4 members (excludes halogenated alkanes) is 1. The lowest BCUT2D eigenvalue weighted by Gasteiger charge is -2.19. The zero-order valence-corrected chi connectivity index (χ0v) is 15.2. The topological polar surface area (TPSA) is 183 Å². The average Bonchev–Trinajstić information content (AvgIpc) is 2.62. The average molecular weight is 387 g/mol. The minimum Gasteiger partial charge on any atom is -0.367 e. The molecule has 0 aromatic carbocycles. The van der Waals surface area contributed by atoms with Crippen molar-refractivity contribution in [3.63, 3.8) is 0 Å². The van der Waals surface area contributed by atoms with E-state index in [0.29, 0.717) is 19.4 Å². The molecule has 0 aromatic heterocycles. The molecule has 0 aliphatic carbocycles. The molecule has 8 N–H and O–H groups in total. The van der Waals surface area contributed by atoms with E-state index in [1.807, 2.05) is 0 Å². The molecule has 0 aromatic rings. The van der Waals surface area contributed by atoms with Crippen molar-refractivity contribution in [2.45, 2.75) is 38.0 Å². The van der Waals surface area contributed by atoms with Crippen LogP contribution in [0.5, 0.6) is 0 Å². The molecule has 0 rings (SSSR count). The van der Waals surface area contributed by atoms with E-state index in [1.165, 1.54) is 6.08 Å². The van der Waals surface area contributed by atoms with Gasteiger partial charge in [-0.2, -0.15) is 0 Å². The van der Waals surface area contributed by atoms with Crippen molar-refractivity contribution in [3.8, 4) is 0 Å². The molecular weight excluding hydrogens is 358 g/mol. The molecule has 0 radical (unpaired) electrons. The summed E-state index contributed by atoms with van der Waals surface area (Å²) in [6, 6.07) is -0.921. The predicted octanol–water partition coefficient (Wildman–Crippen LogP) is -3.16. The Bertz CT molecular complexity index is 512. The second kappa shape index (κ2) is 14.6. The van der Waals surface area contributed by atoms with Crippen LogP contribution < -0.4 is 27.0 Å². The highest BCUT2D eigenvalue weighted by Gasteiger charge is 2.21. The number of hydrogen-bond donors (Lipinski definition) is 7. The molecule has 0 saturated carbocycles.